The van der Waals surface area contributed by atoms with Crippen molar-refractivity contribution < 1.29 is 30.0 Å². The first-order valence-electron chi connectivity index (χ1n) is 14.7. The van der Waals surface area contributed by atoms with Crippen molar-refractivity contribution in [1.29, 1.82) is 0 Å². The number of carbonyl (C=O) groups excluding carboxylic acids is 1. The predicted octanol–water partition coefficient (Wildman–Crippen LogP) is 2.84. The minimum Gasteiger partial charge on any atom is -0.312 e. The second kappa shape index (κ2) is 13.8. The van der Waals surface area contributed by atoms with E-state index in [1.807, 2.05) is 12.1 Å². The second-order valence-electron chi connectivity index (χ2n) is 12.0. The van der Waals surface area contributed by atoms with Gasteiger partial charge in [0.05, 0.1) is 16.0 Å². The van der Waals surface area contributed by atoms with E-state index in [-0.39, 0.29) is 16.7 Å². The van der Waals surface area contributed by atoms with Gasteiger partial charge in [0.1, 0.15) is 0 Å². The summed E-state index contributed by atoms with van der Waals surface area (Å²) >= 11 is 0. The van der Waals surface area contributed by atoms with Crippen LogP contribution in [0.4, 0.5) is 5.69 Å². The first-order chi connectivity index (χ1) is 20.1. The number of rotatable bonds is 11. The first kappa shape index (κ1) is 33.6. The number of likely N-dealkylation sites (tertiary alicyclic amines) is 1. The molecule has 10 nitrogen and oxygen atoms in total. The summed E-state index contributed by atoms with van der Waals surface area (Å²) in [7, 11) is -9.86. The third kappa shape index (κ3) is 9.34. The molecule has 0 bridgehead atoms. The van der Waals surface area contributed by atoms with Gasteiger partial charge in [0.25, 0.3) is 0 Å². The third-order valence-electron chi connectivity index (χ3n) is 8.55. The van der Waals surface area contributed by atoms with Crippen molar-refractivity contribution >= 4 is 41.3 Å². The van der Waals surface area contributed by atoms with Crippen molar-refractivity contribution in [2.24, 2.45) is 11.8 Å². The zero-order valence-corrected chi connectivity index (χ0v) is 27.6. The Kier molecular flexibility index (Phi) is 10.7. The minimum atomic E-state index is -3.37. The largest absolute Gasteiger partial charge is 0.312 e. The molecule has 4 rings (SSSR count). The lowest BCUT2D eigenvalue weighted by Crippen LogP contribution is -2.45. The van der Waals surface area contributed by atoms with Gasteiger partial charge in [0, 0.05) is 43.8 Å². The number of carbonyl (C=O) groups is 1. The van der Waals surface area contributed by atoms with E-state index in [1.54, 1.807) is 29.2 Å². The lowest BCUT2D eigenvalue weighted by Gasteiger charge is -2.34. The lowest BCUT2D eigenvalue weighted by molar-refractivity contribution is -0.123. The van der Waals surface area contributed by atoms with Crippen LogP contribution in [0.3, 0.4) is 0 Å². The molecular formula is C30H43N3O7S3. The Morgan fingerprint density at radius 1 is 0.744 bits per heavy atom. The number of anilines is 1. The van der Waals surface area contributed by atoms with Gasteiger partial charge in [-0.05, 0) is 106 Å². The maximum atomic E-state index is 13.7. The molecule has 0 unspecified atom stereocenters. The van der Waals surface area contributed by atoms with Crippen LogP contribution < -0.4 is 4.90 Å². The van der Waals surface area contributed by atoms with E-state index in [0.29, 0.717) is 49.0 Å². The summed E-state index contributed by atoms with van der Waals surface area (Å²) in [5.41, 5.74) is 1.79. The minimum absolute atomic E-state index is 0.0548. The molecule has 0 saturated carbocycles. The van der Waals surface area contributed by atoms with E-state index in [2.05, 4.69) is 4.90 Å². The van der Waals surface area contributed by atoms with Crippen LogP contribution in [0.2, 0.25) is 0 Å². The molecule has 2 aromatic carbocycles. The number of sulfone groups is 2. The Morgan fingerprint density at radius 3 is 1.74 bits per heavy atom. The summed E-state index contributed by atoms with van der Waals surface area (Å²) in [5.74, 6) is 0.181. The smallest absolute Gasteiger partial charge is 0.230 e. The lowest BCUT2D eigenvalue weighted by atomic mass is 9.90. The van der Waals surface area contributed by atoms with Crippen LogP contribution in [0, 0.1) is 11.8 Å². The fourth-order valence-electron chi connectivity index (χ4n) is 5.97. The fourth-order valence-corrected chi connectivity index (χ4v) is 8.10. The zero-order chi connectivity index (χ0) is 31.4. The summed E-state index contributed by atoms with van der Waals surface area (Å²) in [6.45, 7) is 3.84. The summed E-state index contributed by atoms with van der Waals surface area (Å²) in [4.78, 5) is 18.4. The molecule has 2 fully saturated rings. The Hall–Kier alpha value is -2.32. The molecule has 0 spiro atoms. The van der Waals surface area contributed by atoms with Crippen molar-refractivity contribution in [3.63, 3.8) is 0 Å². The maximum Gasteiger partial charge on any atom is 0.230 e. The average molecular weight is 654 g/mol. The van der Waals surface area contributed by atoms with E-state index in [1.165, 1.54) is 28.9 Å². The van der Waals surface area contributed by atoms with Crippen molar-refractivity contribution in [2.75, 3.05) is 62.9 Å². The monoisotopic (exact) mass is 653 g/mol. The molecule has 0 radical (unpaired) electrons. The van der Waals surface area contributed by atoms with Crippen molar-refractivity contribution in [3.8, 4) is 0 Å². The molecule has 0 N–H and O–H groups in total. The van der Waals surface area contributed by atoms with Crippen molar-refractivity contribution in [1.82, 2.24) is 9.21 Å². The molecule has 0 aliphatic carbocycles. The highest BCUT2D eigenvalue weighted by molar-refractivity contribution is 7.91. The van der Waals surface area contributed by atoms with Gasteiger partial charge in [-0.25, -0.2) is 29.6 Å². The molecule has 0 aromatic heterocycles. The molecule has 2 heterocycles. The highest BCUT2D eigenvalue weighted by Crippen LogP contribution is 2.27. The van der Waals surface area contributed by atoms with Crippen LogP contribution >= 0.6 is 0 Å². The third-order valence-corrected chi connectivity index (χ3v) is 12.1. The maximum absolute atomic E-state index is 13.7. The number of sulfonamides is 1. The number of benzene rings is 2. The van der Waals surface area contributed by atoms with Gasteiger partial charge in [-0.1, -0.05) is 12.1 Å². The van der Waals surface area contributed by atoms with Crippen LogP contribution in [0.5, 0.6) is 0 Å². The van der Waals surface area contributed by atoms with Gasteiger partial charge in [0.15, 0.2) is 19.7 Å². The van der Waals surface area contributed by atoms with Crippen LogP contribution in [-0.4, -0.2) is 98.4 Å². The van der Waals surface area contributed by atoms with E-state index in [9.17, 15) is 30.0 Å². The zero-order valence-electron chi connectivity index (χ0n) is 25.2. The highest BCUT2D eigenvalue weighted by atomic mass is 32.2. The Morgan fingerprint density at radius 2 is 1.26 bits per heavy atom. The van der Waals surface area contributed by atoms with Gasteiger partial charge in [-0.15, -0.1) is 0 Å². The van der Waals surface area contributed by atoms with Gasteiger partial charge in [-0.2, -0.15) is 0 Å². The molecule has 2 aliphatic rings. The SMILES string of the molecule is CS(=O)(=O)c1ccc(CC2CCN(CCCN(C(=O)C3CCN(S(C)(=O)=O)CC3)c3ccc(S(C)(=O)=O)cc3)CC2)cc1. The number of hydrogen-bond donors (Lipinski definition) is 0. The number of piperidine rings is 2. The predicted molar refractivity (Wildman–Crippen MR) is 168 cm³/mol. The average Bonchev–Trinajstić information content (AvgIpc) is 2.95. The van der Waals surface area contributed by atoms with E-state index >= 15 is 0 Å². The van der Waals surface area contributed by atoms with E-state index in [0.717, 1.165) is 57.1 Å². The molecular weight excluding hydrogens is 611 g/mol. The topological polar surface area (TPSA) is 129 Å². The van der Waals surface area contributed by atoms with Gasteiger partial charge in [0.2, 0.25) is 15.9 Å². The Bertz CT molecular complexity index is 1570. The summed E-state index contributed by atoms with van der Waals surface area (Å²) in [6.07, 6.45) is 8.21. The quantitative estimate of drug-likeness (QED) is 0.362. The molecule has 2 aliphatic heterocycles. The summed E-state index contributed by atoms with van der Waals surface area (Å²) in [6, 6.07) is 13.6. The Labute approximate surface area is 256 Å². The van der Waals surface area contributed by atoms with Gasteiger partial charge in [-0.3, -0.25) is 4.79 Å². The standard InChI is InChI=1S/C30H43N3O7S3/c1-41(35,36)28-9-5-24(6-10-28)23-25-13-19-31(20-14-25)17-4-18-33(27-7-11-29(12-8-27)42(2,37)38)30(34)26-15-21-32(22-16-26)43(3,39)40/h5-12,25-26H,4,13-23H2,1-3H3. The molecule has 0 atom stereocenters. The molecule has 43 heavy (non-hydrogen) atoms. The van der Waals surface area contributed by atoms with E-state index < -0.39 is 29.7 Å². The molecule has 238 valence electrons. The first-order valence-corrected chi connectivity index (χ1v) is 20.3. The molecule has 1 amide bonds. The Balaban J connectivity index is 1.33. The van der Waals surface area contributed by atoms with E-state index in [4.69, 9.17) is 0 Å². The highest BCUT2D eigenvalue weighted by Gasteiger charge is 2.32. The fraction of sp³-hybridized carbons (Fsp3) is 0.567. The molecule has 13 heteroatoms. The van der Waals surface area contributed by atoms with Gasteiger partial charge >= 0.3 is 0 Å². The molecule has 2 aromatic rings. The number of amides is 1. The normalized spacial score (nSPS) is 18.5. The second-order valence-corrected chi connectivity index (χ2v) is 18.0. The van der Waals surface area contributed by atoms with Crippen LogP contribution in [-0.2, 0) is 40.9 Å². The van der Waals surface area contributed by atoms with Gasteiger partial charge < -0.3 is 9.80 Å². The molecule has 2 saturated heterocycles. The van der Waals surface area contributed by atoms with Crippen LogP contribution in [0.1, 0.15) is 37.7 Å². The van der Waals surface area contributed by atoms with Crippen LogP contribution in [0.25, 0.3) is 0 Å². The number of hydrogen-bond acceptors (Lipinski definition) is 8. The van der Waals surface area contributed by atoms with Crippen LogP contribution in [0.15, 0.2) is 58.3 Å². The summed E-state index contributed by atoms with van der Waals surface area (Å²) < 4.78 is 72.7. The van der Waals surface area contributed by atoms with Crippen molar-refractivity contribution in [3.05, 3.63) is 54.1 Å². The van der Waals surface area contributed by atoms with Crippen molar-refractivity contribution in [2.45, 2.75) is 48.3 Å². The number of nitrogens with zero attached hydrogens (tertiary/aromatic N) is 3. The summed E-state index contributed by atoms with van der Waals surface area (Å²) in [5, 5.41) is 0.